The molecule has 2 nitrogen and oxygen atoms in total. The highest BCUT2D eigenvalue weighted by Gasteiger charge is 2.58. The number of rotatable bonds is 2. The third-order valence-corrected chi connectivity index (χ3v) is 2.90. The molecule has 2 saturated heterocycles. The van der Waals surface area contributed by atoms with Crippen molar-refractivity contribution in [2.24, 2.45) is 11.1 Å². The fraction of sp³-hybridized carbons (Fsp3) is 1.00. The molecule has 0 amide bonds. The van der Waals surface area contributed by atoms with Gasteiger partial charge in [-0.25, -0.2) is 0 Å². The van der Waals surface area contributed by atoms with E-state index in [2.05, 4.69) is 6.92 Å². The highest BCUT2D eigenvalue weighted by molar-refractivity contribution is 5.08. The van der Waals surface area contributed by atoms with Crippen molar-refractivity contribution in [3.63, 3.8) is 0 Å². The normalized spacial score (nSPS) is 51.0. The van der Waals surface area contributed by atoms with Crippen LogP contribution in [0.15, 0.2) is 0 Å². The number of nitrogens with two attached hydrogens (primary N) is 1. The highest BCUT2D eigenvalue weighted by Crippen LogP contribution is 2.59. The second kappa shape index (κ2) is 1.74. The Morgan fingerprint density at radius 1 is 1.50 bits per heavy atom. The first-order chi connectivity index (χ1) is 4.68. The topological polar surface area (TPSA) is 35.2 Å². The summed E-state index contributed by atoms with van der Waals surface area (Å²) >= 11 is 0. The number of ether oxygens (including phenoxy) is 1. The molecular weight excluding hydrogens is 126 g/mol. The fourth-order valence-corrected chi connectivity index (χ4v) is 2.62. The molecule has 0 atom stereocenters. The third-order valence-electron chi connectivity index (χ3n) is 2.90. The minimum Gasteiger partial charge on any atom is -0.375 e. The minimum absolute atomic E-state index is 0.245. The van der Waals surface area contributed by atoms with E-state index in [4.69, 9.17) is 10.5 Å². The Morgan fingerprint density at radius 3 is 2.60 bits per heavy atom. The molecule has 0 radical (unpaired) electrons. The van der Waals surface area contributed by atoms with Gasteiger partial charge in [-0.2, -0.15) is 0 Å². The Hall–Kier alpha value is -0.0800. The second-order valence-corrected chi connectivity index (χ2v) is 4.13. The van der Waals surface area contributed by atoms with Crippen molar-refractivity contribution in [1.29, 1.82) is 0 Å². The van der Waals surface area contributed by atoms with Crippen molar-refractivity contribution >= 4 is 0 Å². The molecule has 58 valence electrons. The van der Waals surface area contributed by atoms with Crippen molar-refractivity contribution < 1.29 is 4.74 Å². The Balaban J connectivity index is 2.00. The lowest BCUT2D eigenvalue weighted by molar-refractivity contribution is 0.00209. The van der Waals surface area contributed by atoms with Gasteiger partial charge in [-0.05, 0) is 32.7 Å². The summed E-state index contributed by atoms with van der Waals surface area (Å²) in [5.74, 6) is 0. The molecule has 0 aromatic carbocycles. The van der Waals surface area contributed by atoms with E-state index < -0.39 is 0 Å². The third kappa shape index (κ3) is 0.722. The van der Waals surface area contributed by atoms with Crippen LogP contribution in [0.3, 0.4) is 0 Å². The van der Waals surface area contributed by atoms with Crippen molar-refractivity contribution in [3.8, 4) is 0 Å². The second-order valence-electron chi connectivity index (χ2n) is 4.13. The summed E-state index contributed by atoms with van der Waals surface area (Å²) in [7, 11) is 0. The van der Waals surface area contributed by atoms with Crippen LogP contribution in [0.4, 0.5) is 0 Å². The van der Waals surface area contributed by atoms with E-state index in [0.29, 0.717) is 5.41 Å². The van der Waals surface area contributed by atoms with Crippen LogP contribution in [0, 0.1) is 5.41 Å². The maximum Gasteiger partial charge on any atom is 0.0667 e. The fourth-order valence-electron chi connectivity index (χ4n) is 2.62. The maximum atomic E-state index is 5.61. The standard InChI is InChI=1S/C8H15NO/c1-7-4-8(5-7,2-3-9)6-10-7/h2-6,9H2,1H3. The molecule has 0 aromatic rings. The minimum atomic E-state index is 0.245. The van der Waals surface area contributed by atoms with Crippen LogP contribution in [-0.2, 0) is 4.74 Å². The number of fused-ring (bicyclic) bond motifs is 1. The molecular formula is C8H15NO. The van der Waals surface area contributed by atoms with Gasteiger partial charge in [-0.3, -0.25) is 0 Å². The van der Waals surface area contributed by atoms with E-state index >= 15 is 0 Å². The van der Waals surface area contributed by atoms with Gasteiger partial charge >= 0.3 is 0 Å². The summed E-state index contributed by atoms with van der Waals surface area (Å²) in [6, 6.07) is 0. The molecule has 1 aliphatic carbocycles. The van der Waals surface area contributed by atoms with Crippen molar-refractivity contribution in [3.05, 3.63) is 0 Å². The van der Waals surface area contributed by atoms with Crippen LogP contribution in [0.2, 0.25) is 0 Å². The lowest BCUT2D eigenvalue weighted by Gasteiger charge is -2.42. The summed E-state index contributed by atoms with van der Waals surface area (Å²) in [5.41, 5.74) is 6.25. The molecule has 3 aliphatic rings. The van der Waals surface area contributed by atoms with E-state index in [0.717, 1.165) is 19.6 Å². The largest absolute Gasteiger partial charge is 0.375 e. The first-order valence-corrected chi connectivity index (χ1v) is 4.02. The lowest BCUT2D eigenvalue weighted by atomic mass is 9.62. The molecule has 2 heteroatoms. The molecule has 0 aromatic heterocycles. The molecule has 3 fully saturated rings. The zero-order valence-electron chi connectivity index (χ0n) is 6.52. The molecule has 0 spiro atoms. The summed E-state index contributed by atoms with van der Waals surface area (Å²) in [5, 5.41) is 0. The summed E-state index contributed by atoms with van der Waals surface area (Å²) in [6.07, 6.45) is 3.65. The van der Waals surface area contributed by atoms with Crippen LogP contribution in [0.5, 0.6) is 0 Å². The van der Waals surface area contributed by atoms with Gasteiger partial charge in [0.1, 0.15) is 0 Å². The predicted octanol–water partition coefficient (Wildman–Crippen LogP) is 0.904. The van der Waals surface area contributed by atoms with E-state index in [1.54, 1.807) is 0 Å². The van der Waals surface area contributed by atoms with Crippen LogP contribution >= 0.6 is 0 Å². The van der Waals surface area contributed by atoms with Crippen LogP contribution < -0.4 is 5.73 Å². The van der Waals surface area contributed by atoms with Gasteiger partial charge in [0.05, 0.1) is 12.2 Å². The van der Waals surface area contributed by atoms with Gasteiger partial charge < -0.3 is 10.5 Å². The summed E-state index contributed by atoms with van der Waals surface area (Å²) in [6.45, 7) is 3.98. The molecule has 2 N–H and O–H groups in total. The number of hydrogen-bond donors (Lipinski definition) is 1. The predicted molar refractivity (Wildman–Crippen MR) is 39.7 cm³/mol. The van der Waals surface area contributed by atoms with Gasteiger partial charge in [0.15, 0.2) is 0 Å². The van der Waals surface area contributed by atoms with E-state index in [9.17, 15) is 0 Å². The molecule has 10 heavy (non-hydrogen) atoms. The average Bonchev–Trinajstić information content (AvgIpc) is 2.21. The van der Waals surface area contributed by atoms with Gasteiger partial charge in [0, 0.05) is 5.41 Å². The van der Waals surface area contributed by atoms with E-state index in [1.165, 1.54) is 12.8 Å². The van der Waals surface area contributed by atoms with Crippen LogP contribution in [0.25, 0.3) is 0 Å². The van der Waals surface area contributed by atoms with E-state index in [-0.39, 0.29) is 5.60 Å². The summed E-state index contributed by atoms with van der Waals surface area (Å²) < 4.78 is 5.61. The van der Waals surface area contributed by atoms with Crippen LogP contribution in [0.1, 0.15) is 26.2 Å². The van der Waals surface area contributed by atoms with Gasteiger partial charge in [0.2, 0.25) is 0 Å². The Labute approximate surface area is 61.7 Å². The van der Waals surface area contributed by atoms with Crippen LogP contribution in [-0.4, -0.2) is 18.8 Å². The molecule has 2 aliphatic heterocycles. The number of hydrogen-bond acceptors (Lipinski definition) is 2. The molecule has 3 rings (SSSR count). The maximum absolute atomic E-state index is 5.61. The average molecular weight is 141 g/mol. The zero-order chi connectivity index (χ0) is 7.24. The zero-order valence-corrected chi connectivity index (χ0v) is 6.52. The van der Waals surface area contributed by atoms with Crippen molar-refractivity contribution in [2.75, 3.05) is 13.2 Å². The van der Waals surface area contributed by atoms with Crippen molar-refractivity contribution in [1.82, 2.24) is 0 Å². The lowest BCUT2D eigenvalue weighted by Crippen LogP contribution is -2.42. The Kier molecular flexibility index (Phi) is 1.15. The highest BCUT2D eigenvalue weighted by atomic mass is 16.5. The SMILES string of the molecule is CC12CC(CCN)(CO1)C2. The Morgan fingerprint density at radius 2 is 2.20 bits per heavy atom. The smallest absolute Gasteiger partial charge is 0.0667 e. The van der Waals surface area contributed by atoms with Gasteiger partial charge in [-0.15, -0.1) is 0 Å². The molecule has 2 bridgehead atoms. The quantitative estimate of drug-likeness (QED) is 0.620. The van der Waals surface area contributed by atoms with Gasteiger partial charge in [0.25, 0.3) is 0 Å². The molecule has 1 saturated carbocycles. The molecule has 2 heterocycles. The monoisotopic (exact) mass is 141 g/mol. The first-order valence-electron chi connectivity index (χ1n) is 4.02. The Bertz CT molecular complexity index is 145. The first kappa shape index (κ1) is 6.62. The van der Waals surface area contributed by atoms with Gasteiger partial charge in [-0.1, -0.05) is 0 Å². The van der Waals surface area contributed by atoms with E-state index in [1.807, 2.05) is 0 Å². The van der Waals surface area contributed by atoms with Crippen molar-refractivity contribution in [2.45, 2.75) is 31.8 Å². The molecule has 0 unspecified atom stereocenters. The summed E-state index contributed by atoms with van der Waals surface area (Å²) in [4.78, 5) is 0.